The molecule has 5 rings (SSSR count). The molecule has 0 bridgehead atoms. The van der Waals surface area contributed by atoms with Crippen LogP contribution in [-0.2, 0) is 0 Å². The van der Waals surface area contributed by atoms with E-state index in [4.69, 9.17) is 30.6 Å². The van der Waals surface area contributed by atoms with Gasteiger partial charge < -0.3 is 13.9 Å². The van der Waals surface area contributed by atoms with E-state index < -0.39 is 6.23 Å². The summed E-state index contributed by atoms with van der Waals surface area (Å²) < 4.78 is 17.9. The molecule has 0 saturated carbocycles. The average molecular weight is 395 g/mol. The summed E-state index contributed by atoms with van der Waals surface area (Å²) in [5, 5.41) is 7.48. The number of hydrogen-bond acceptors (Lipinski definition) is 5. The lowest BCUT2D eigenvalue weighted by atomic mass is 9.97. The van der Waals surface area contributed by atoms with Gasteiger partial charge in [-0.05, 0) is 31.2 Å². The Labute approximate surface area is 168 Å². The third kappa shape index (κ3) is 2.74. The minimum Gasteiger partial charge on any atom is -0.490 e. The molecule has 0 spiro atoms. The molecule has 2 aliphatic heterocycles. The van der Waals surface area contributed by atoms with Gasteiger partial charge in [-0.1, -0.05) is 41.9 Å². The summed E-state index contributed by atoms with van der Waals surface area (Å²) in [6.07, 6.45) is 1.94. The van der Waals surface area contributed by atoms with E-state index >= 15 is 0 Å². The average Bonchev–Trinajstić information content (AvgIpc) is 3.38. The quantitative estimate of drug-likeness (QED) is 0.580. The van der Waals surface area contributed by atoms with Crippen LogP contribution in [0.5, 0.6) is 11.5 Å². The number of rotatable bonds is 4. The van der Waals surface area contributed by atoms with Crippen molar-refractivity contribution in [1.29, 1.82) is 0 Å². The van der Waals surface area contributed by atoms with E-state index in [2.05, 4.69) is 6.07 Å². The number of ether oxygens (including phenoxy) is 2. The molecule has 0 N–H and O–H groups in total. The van der Waals surface area contributed by atoms with Crippen molar-refractivity contribution in [3.8, 4) is 11.5 Å². The number of benzene rings is 2. The van der Waals surface area contributed by atoms with Gasteiger partial charge >= 0.3 is 0 Å². The number of furan rings is 1. The van der Waals surface area contributed by atoms with Crippen LogP contribution in [0, 0.1) is 0 Å². The number of hydrogen-bond donors (Lipinski definition) is 0. The van der Waals surface area contributed by atoms with E-state index in [-0.39, 0.29) is 6.04 Å². The van der Waals surface area contributed by atoms with Crippen LogP contribution in [0.4, 0.5) is 0 Å². The standard InChI is InChI=1S/C22H19ClN2O3/c1-2-26-20-10-5-8-15-18-13-17(19-11-6-12-27-19)24-25(18)22(28-21(15)20)14-7-3-4-9-16(14)23/h3-12,18,22H,2,13H2,1H3/t18-,22+/m0/s1. The monoisotopic (exact) mass is 394 g/mol. The molecular formula is C22H19ClN2O3. The number of halogens is 1. The predicted molar refractivity (Wildman–Crippen MR) is 107 cm³/mol. The Morgan fingerprint density at radius 3 is 2.75 bits per heavy atom. The molecular weight excluding hydrogens is 376 g/mol. The summed E-state index contributed by atoms with van der Waals surface area (Å²) >= 11 is 6.51. The molecule has 28 heavy (non-hydrogen) atoms. The number of nitrogens with zero attached hydrogens (tertiary/aromatic N) is 2. The molecule has 5 nitrogen and oxygen atoms in total. The summed E-state index contributed by atoms with van der Waals surface area (Å²) in [5.41, 5.74) is 2.82. The highest BCUT2D eigenvalue weighted by Gasteiger charge is 2.43. The highest BCUT2D eigenvalue weighted by molar-refractivity contribution is 6.31. The maximum atomic E-state index is 6.51. The first kappa shape index (κ1) is 17.2. The number of para-hydroxylation sites is 1. The van der Waals surface area contributed by atoms with Crippen LogP contribution < -0.4 is 9.47 Å². The van der Waals surface area contributed by atoms with E-state index in [1.54, 1.807) is 6.26 Å². The number of hydrazone groups is 1. The second kappa shape index (κ2) is 6.91. The van der Waals surface area contributed by atoms with E-state index in [1.807, 2.05) is 60.5 Å². The fraction of sp³-hybridized carbons (Fsp3) is 0.227. The number of fused-ring (bicyclic) bond motifs is 3. The van der Waals surface area contributed by atoms with Crippen molar-refractivity contribution < 1.29 is 13.9 Å². The largest absolute Gasteiger partial charge is 0.490 e. The van der Waals surface area contributed by atoms with Gasteiger partial charge in [0, 0.05) is 22.6 Å². The van der Waals surface area contributed by atoms with Crippen LogP contribution in [0.25, 0.3) is 0 Å². The molecule has 0 radical (unpaired) electrons. The van der Waals surface area contributed by atoms with Gasteiger partial charge in [0.05, 0.1) is 18.9 Å². The summed E-state index contributed by atoms with van der Waals surface area (Å²) in [4.78, 5) is 0. The van der Waals surface area contributed by atoms with Crippen molar-refractivity contribution in [2.75, 3.05) is 6.61 Å². The van der Waals surface area contributed by atoms with Gasteiger partial charge in [0.15, 0.2) is 11.5 Å². The van der Waals surface area contributed by atoms with Crippen LogP contribution >= 0.6 is 11.6 Å². The molecule has 2 atom stereocenters. The second-order valence-electron chi connectivity index (χ2n) is 6.72. The molecule has 0 amide bonds. The molecule has 0 unspecified atom stereocenters. The minimum atomic E-state index is -0.444. The smallest absolute Gasteiger partial charge is 0.215 e. The zero-order valence-electron chi connectivity index (χ0n) is 15.3. The lowest BCUT2D eigenvalue weighted by molar-refractivity contribution is -0.0211. The molecule has 1 aromatic heterocycles. The lowest BCUT2D eigenvalue weighted by Crippen LogP contribution is -2.34. The maximum Gasteiger partial charge on any atom is 0.215 e. The Kier molecular flexibility index (Phi) is 4.24. The summed E-state index contributed by atoms with van der Waals surface area (Å²) in [6.45, 7) is 2.53. The zero-order chi connectivity index (χ0) is 19.1. The molecule has 2 aromatic carbocycles. The molecule has 0 aliphatic carbocycles. The predicted octanol–water partition coefficient (Wildman–Crippen LogP) is 5.57. The van der Waals surface area contributed by atoms with Crippen LogP contribution in [0.1, 0.15) is 42.5 Å². The Morgan fingerprint density at radius 2 is 1.96 bits per heavy atom. The molecule has 142 valence electrons. The van der Waals surface area contributed by atoms with Gasteiger partial charge in [-0.2, -0.15) is 5.10 Å². The van der Waals surface area contributed by atoms with Crippen molar-refractivity contribution >= 4 is 17.3 Å². The topological polar surface area (TPSA) is 47.2 Å². The fourth-order valence-corrected chi connectivity index (χ4v) is 4.05. The van der Waals surface area contributed by atoms with E-state index in [0.29, 0.717) is 11.6 Å². The second-order valence-corrected chi connectivity index (χ2v) is 7.13. The molecule has 3 heterocycles. The first-order valence-corrected chi connectivity index (χ1v) is 9.70. The Balaban J connectivity index is 1.64. The Bertz CT molecular complexity index is 1030. The molecule has 2 aliphatic rings. The van der Waals surface area contributed by atoms with Crippen molar-refractivity contribution in [1.82, 2.24) is 5.01 Å². The molecule has 3 aromatic rings. The van der Waals surface area contributed by atoms with Crippen molar-refractivity contribution in [3.05, 3.63) is 82.8 Å². The first-order chi connectivity index (χ1) is 13.8. The third-order valence-corrected chi connectivity index (χ3v) is 5.40. The molecule has 0 fully saturated rings. The fourth-order valence-electron chi connectivity index (χ4n) is 3.83. The van der Waals surface area contributed by atoms with Gasteiger partial charge in [-0.15, -0.1) is 0 Å². The van der Waals surface area contributed by atoms with Gasteiger partial charge in [-0.3, -0.25) is 0 Å². The molecule has 0 saturated heterocycles. The Morgan fingerprint density at radius 1 is 1.11 bits per heavy atom. The van der Waals surface area contributed by atoms with Crippen LogP contribution in [-0.4, -0.2) is 17.3 Å². The van der Waals surface area contributed by atoms with E-state index in [1.165, 1.54) is 0 Å². The van der Waals surface area contributed by atoms with E-state index in [9.17, 15) is 0 Å². The highest BCUT2D eigenvalue weighted by atomic mass is 35.5. The normalized spacial score (nSPS) is 20.2. The summed E-state index contributed by atoms with van der Waals surface area (Å²) in [6, 6.07) is 17.5. The summed E-state index contributed by atoms with van der Waals surface area (Å²) in [7, 11) is 0. The van der Waals surface area contributed by atoms with Crippen molar-refractivity contribution in [2.24, 2.45) is 5.10 Å². The third-order valence-electron chi connectivity index (χ3n) is 5.06. The van der Waals surface area contributed by atoms with Crippen LogP contribution in [0.2, 0.25) is 5.02 Å². The van der Waals surface area contributed by atoms with Crippen LogP contribution in [0.15, 0.2) is 70.4 Å². The van der Waals surface area contributed by atoms with Gasteiger partial charge in [0.1, 0.15) is 11.5 Å². The zero-order valence-corrected chi connectivity index (χ0v) is 16.1. The molecule has 6 heteroatoms. The lowest BCUT2D eigenvalue weighted by Gasteiger charge is -2.39. The SMILES string of the molecule is CCOc1cccc2c1O[C@H](c1ccccc1Cl)N1N=C(c3ccco3)C[C@@H]21. The van der Waals surface area contributed by atoms with Crippen molar-refractivity contribution in [3.63, 3.8) is 0 Å². The Hall–Kier alpha value is -2.92. The highest BCUT2D eigenvalue weighted by Crippen LogP contribution is 2.51. The van der Waals surface area contributed by atoms with Gasteiger partial charge in [0.2, 0.25) is 6.23 Å². The van der Waals surface area contributed by atoms with Gasteiger partial charge in [-0.25, -0.2) is 5.01 Å². The minimum absolute atomic E-state index is 0.0190. The first-order valence-electron chi connectivity index (χ1n) is 9.32. The summed E-state index contributed by atoms with van der Waals surface area (Å²) in [5.74, 6) is 2.27. The van der Waals surface area contributed by atoms with Crippen LogP contribution in [0.3, 0.4) is 0 Å². The van der Waals surface area contributed by atoms with E-state index in [0.717, 1.165) is 40.5 Å². The van der Waals surface area contributed by atoms with Gasteiger partial charge in [0.25, 0.3) is 0 Å². The maximum absolute atomic E-state index is 6.51. The van der Waals surface area contributed by atoms with Crippen molar-refractivity contribution in [2.45, 2.75) is 25.6 Å².